The standard InChI is InChI=1S/C19H33N3O2/c1-3-24-18-13-17(23)19(18)7-11-21(12-8-19)9-5-4-6-10-22-15-16(2)14-20-22/h14-15,17-18,23H,3-13H2,1-2H3. The van der Waals surface area contributed by atoms with Crippen LogP contribution in [0, 0.1) is 12.3 Å². The number of likely N-dealkylation sites (tertiary alicyclic amines) is 1. The van der Waals surface area contributed by atoms with Crippen LogP contribution in [0.3, 0.4) is 0 Å². The normalized spacial score (nSPS) is 26.6. The summed E-state index contributed by atoms with van der Waals surface area (Å²) < 4.78 is 7.89. The molecule has 136 valence electrons. The lowest BCUT2D eigenvalue weighted by molar-refractivity contribution is -0.209. The van der Waals surface area contributed by atoms with E-state index in [4.69, 9.17) is 4.74 Å². The van der Waals surface area contributed by atoms with Gasteiger partial charge in [-0.3, -0.25) is 4.68 Å². The second kappa shape index (κ2) is 7.98. The first-order valence-electron chi connectivity index (χ1n) is 9.65. The van der Waals surface area contributed by atoms with Crippen molar-refractivity contribution >= 4 is 0 Å². The number of rotatable bonds is 8. The number of ether oxygens (including phenoxy) is 1. The van der Waals surface area contributed by atoms with Crippen LogP contribution < -0.4 is 0 Å². The maximum atomic E-state index is 10.3. The molecule has 24 heavy (non-hydrogen) atoms. The fourth-order valence-electron chi connectivity index (χ4n) is 4.38. The Bertz CT molecular complexity index is 506. The van der Waals surface area contributed by atoms with Crippen LogP contribution in [0.1, 0.15) is 51.0 Å². The van der Waals surface area contributed by atoms with Crippen molar-refractivity contribution in [3.63, 3.8) is 0 Å². The average molecular weight is 335 g/mol. The van der Waals surface area contributed by atoms with E-state index in [9.17, 15) is 5.11 Å². The number of hydrogen-bond donors (Lipinski definition) is 1. The molecule has 1 aromatic rings. The van der Waals surface area contributed by atoms with Crippen molar-refractivity contribution in [2.45, 2.75) is 71.1 Å². The molecule has 0 amide bonds. The molecule has 0 aromatic carbocycles. The second-order valence-corrected chi connectivity index (χ2v) is 7.61. The van der Waals surface area contributed by atoms with E-state index in [1.54, 1.807) is 0 Å². The number of hydrogen-bond acceptors (Lipinski definition) is 4. The molecule has 2 fully saturated rings. The highest BCUT2D eigenvalue weighted by Gasteiger charge is 2.55. The van der Waals surface area contributed by atoms with Gasteiger partial charge in [0.1, 0.15) is 0 Å². The molecule has 0 bridgehead atoms. The summed E-state index contributed by atoms with van der Waals surface area (Å²) in [6.45, 7) is 9.33. The van der Waals surface area contributed by atoms with Gasteiger partial charge in [-0.2, -0.15) is 5.10 Å². The molecule has 1 spiro atoms. The first-order chi connectivity index (χ1) is 11.6. The lowest BCUT2D eigenvalue weighted by atomic mass is 9.58. The summed E-state index contributed by atoms with van der Waals surface area (Å²) in [5.41, 5.74) is 1.30. The van der Waals surface area contributed by atoms with Crippen molar-refractivity contribution in [3.8, 4) is 0 Å². The topological polar surface area (TPSA) is 50.5 Å². The van der Waals surface area contributed by atoms with Crippen molar-refractivity contribution in [2.75, 3.05) is 26.2 Å². The maximum Gasteiger partial charge on any atom is 0.0681 e. The van der Waals surface area contributed by atoms with Crippen molar-refractivity contribution in [2.24, 2.45) is 5.41 Å². The van der Waals surface area contributed by atoms with Crippen molar-refractivity contribution < 1.29 is 9.84 Å². The summed E-state index contributed by atoms with van der Waals surface area (Å²) in [7, 11) is 0. The smallest absolute Gasteiger partial charge is 0.0681 e. The lowest BCUT2D eigenvalue weighted by Crippen LogP contribution is -2.62. The molecule has 1 aliphatic carbocycles. The van der Waals surface area contributed by atoms with Gasteiger partial charge in [0, 0.05) is 31.2 Å². The average Bonchev–Trinajstić information content (AvgIpc) is 3.00. The molecule has 5 nitrogen and oxygen atoms in total. The van der Waals surface area contributed by atoms with Crippen LogP contribution in [0.25, 0.3) is 0 Å². The highest BCUT2D eigenvalue weighted by molar-refractivity contribution is 5.06. The molecule has 2 atom stereocenters. The van der Waals surface area contributed by atoms with E-state index >= 15 is 0 Å². The van der Waals surface area contributed by atoms with Gasteiger partial charge < -0.3 is 14.7 Å². The minimum Gasteiger partial charge on any atom is -0.392 e. The molecule has 0 radical (unpaired) electrons. The number of nitrogens with zero attached hydrogens (tertiary/aromatic N) is 3. The van der Waals surface area contributed by atoms with Gasteiger partial charge in [0.15, 0.2) is 0 Å². The minimum atomic E-state index is -0.145. The Morgan fingerprint density at radius 3 is 2.62 bits per heavy atom. The van der Waals surface area contributed by atoms with Crippen molar-refractivity contribution in [1.29, 1.82) is 0 Å². The van der Waals surface area contributed by atoms with Crippen molar-refractivity contribution in [3.05, 3.63) is 18.0 Å². The second-order valence-electron chi connectivity index (χ2n) is 7.61. The Kier molecular flexibility index (Phi) is 5.95. The van der Waals surface area contributed by atoms with Gasteiger partial charge >= 0.3 is 0 Å². The van der Waals surface area contributed by atoms with E-state index in [-0.39, 0.29) is 17.6 Å². The number of aliphatic hydroxyl groups excluding tert-OH is 1. The number of aryl methyl sites for hydroxylation is 2. The Hall–Kier alpha value is -0.910. The summed E-state index contributed by atoms with van der Waals surface area (Å²) in [5.74, 6) is 0. The summed E-state index contributed by atoms with van der Waals surface area (Å²) in [6, 6.07) is 0. The van der Waals surface area contributed by atoms with Gasteiger partial charge in [-0.15, -0.1) is 0 Å². The van der Waals surface area contributed by atoms with Gasteiger partial charge in [-0.25, -0.2) is 0 Å². The molecular weight excluding hydrogens is 302 g/mol. The first-order valence-corrected chi connectivity index (χ1v) is 9.65. The minimum absolute atomic E-state index is 0.0600. The van der Waals surface area contributed by atoms with E-state index in [0.717, 1.165) is 45.5 Å². The molecule has 5 heteroatoms. The molecule has 2 unspecified atom stereocenters. The Balaban J connectivity index is 1.31. The zero-order valence-electron chi connectivity index (χ0n) is 15.3. The fraction of sp³-hybridized carbons (Fsp3) is 0.842. The summed E-state index contributed by atoms with van der Waals surface area (Å²) in [6.07, 6.45) is 10.9. The third-order valence-electron chi connectivity index (χ3n) is 6.02. The number of aromatic nitrogens is 2. The van der Waals surface area contributed by atoms with Crippen LogP contribution in [0.15, 0.2) is 12.4 Å². The van der Waals surface area contributed by atoms with E-state index in [1.165, 1.54) is 31.4 Å². The Labute approximate surface area is 146 Å². The molecule has 1 aliphatic heterocycles. The fourth-order valence-corrected chi connectivity index (χ4v) is 4.38. The molecular formula is C19H33N3O2. The van der Waals surface area contributed by atoms with E-state index in [2.05, 4.69) is 30.0 Å². The molecule has 2 heterocycles. The van der Waals surface area contributed by atoms with Crippen LogP contribution >= 0.6 is 0 Å². The molecule has 2 aliphatic rings. The van der Waals surface area contributed by atoms with Gasteiger partial charge in [0.05, 0.1) is 18.4 Å². The van der Waals surface area contributed by atoms with Crippen LogP contribution in [-0.4, -0.2) is 58.2 Å². The Morgan fingerprint density at radius 1 is 1.25 bits per heavy atom. The number of piperidine rings is 1. The molecule has 1 N–H and O–H groups in total. The zero-order valence-corrected chi connectivity index (χ0v) is 15.3. The van der Waals surface area contributed by atoms with Gasteiger partial charge in [-0.05, 0) is 64.7 Å². The third-order valence-corrected chi connectivity index (χ3v) is 6.02. The third kappa shape index (κ3) is 3.84. The zero-order chi connectivity index (χ0) is 17.0. The number of aliphatic hydroxyl groups is 1. The summed E-state index contributed by atoms with van der Waals surface area (Å²) in [5, 5.41) is 14.6. The van der Waals surface area contributed by atoms with Gasteiger partial charge in [0.25, 0.3) is 0 Å². The monoisotopic (exact) mass is 335 g/mol. The van der Waals surface area contributed by atoms with Crippen molar-refractivity contribution in [1.82, 2.24) is 14.7 Å². The van der Waals surface area contributed by atoms with Gasteiger partial charge in [0.2, 0.25) is 0 Å². The number of unbranched alkanes of at least 4 members (excludes halogenated alkanes) is 2. The predicted molar refractivity (Wildman–Crippen MR) is 95.0 cm³/mol. The van der Waals surface area contributed by atoms with E-state index in [1.807, 2.05) is 10.9 Å². The molecule has 1 aromatic heterocycles. The SMILES string of the molecule is CCOC1CC(O)C12CCN(CCCCCn1cc(C)cn1)CC2. The summed E-state index contributed by atoms with van der Waals surface area (Å²) >= 11 is 0. The maximum absolute atomic E-state index is 10.3. The van der Waals surface area contributed by atoms with Gasteiger partial charge in [-0.1, -0.05) is 6.42 Å². The van der Waals surface area contributed by atoms with Crippen LogP contribution in [0.5, 0.6) is 0 Å². The molecule has 1 saturated carbocycles. The van der Waals surface area contributed by atoms with Crippen LogP contribution in [0.4, 0.5) is 0 Å². The first kappa shape index (κ1) is 17.9. The highest BCUT2D eigenvalue weighted by atomic mass is 16.5. The highest BCUT2D eigenvalue weighted by Crippen LogP contribution is 2.50. The van der Waals surface area contributed by atoms with E-state index < -0.39 is 0 Å². The summed E-state index contributed by atoms with van der Waals surface area (Å²) in [4.78, 5) is 2.57. The Morgan fingerprint density at radius 2 is 2.00 bits per heavy atom. The van der Waals surface area contributed by atoms with Crippen LogP contribution in [-0.2, 0) is 11.3 Å². The molecule has 1 saturated heterocycles. The molecule has 3 rings (SSSR count). The largest absolute Gasteiger partial charge is 0.392 e. The van der Waals surface area contributed by atoms with E-state index in [0.29, 0.717) is 0 Å². The quantitative estimate of drug-likeness (QED) is 0.742. The van der Waals surface area contributed by atoms with Crippen LogP contribution in [0.2, 0.25) is 0 Å². The predicted octanol–water partition coefficient (Wildman–Crippen LogP) is 2.61. The lowest BCUT2D eigenvalue weighted by Gasteiger charge is -2.56.